The summed E-state index contributed by atoms with van der Waals surface area (Å²) in [6.07, 6.45) is 8.49. The summed E-state index contributed by atoms with van der Waals surface area (Å²) in [6, 6.07) is 17.3. The van der Waals surface area contributed by atoms with Crippen molar-refractivity contribution < 1.29 is 19.1 Å². The Labute approximate surface area is 254 Å². The van der Waals surface area contributed by atoms with Crippen LogP contribution in [0.5, 0.6) is 0 Å². The van der Waals surface area contributed by atoms with Gasteiger partial charge in [-0.1, -0.05) is 87.7 Å². The predicted molar refractivity (Wildman–Crippen MR) is 166 cm³/mol. The molecule has 3 heterocycles. The molecule has 3 fully saturated rings. The number of carbonyl (C=O) groups excluding carboxylic acids is 3. The van der Waals surface area contributed by atoms with Crippen LogP contribution in [0.25, 0.3) is 0 Å². The van der Waals surface area contributed by atoms with Crippen molar-refractivity contribution in [3.05, 3.63) is 77.9 Å². The zero-order valence-electron chi connectivity index (χ0n) is 25.5. The van der Waals surface area contributed by atoms with E-state index in [2.05, 4.69) is 41.5 Å². The van der Waals surface area contributed by atoms with E-state index in [1.807, 2.05) is 61.7 Å². The highest BCUT2D eigenvalue weighted by molar-refractivity contribution is 6.02. The molecule has 6 rings (SSSR count). The number of likely N-dealkylation sites (N-methyl/N-ethyl adjacent to an activating group) is 1. The molecule has 1 aliphatic carbocycles. The molecule has 1 spiro atoms. The lowest BCUT2D eigenvalue weighted by molar-refractivity contribution is -0.141. The van der Waals surface area contributed by atoms with E-state index in [9.17, 15) is 14.4 Å². The average molecular weight is 585 g/mol. The van der Waals surface area contributed by atoms with Gasteiger partial charge in [-0.25, -0.2) is 0 Å². The molecule has 1 saturated carbocycles. The van der Waals surface area contributed by atoms with E-state index in [1.165, 1.54) is 17.5 Å². The lowest BCUT2D eigenvalue weighted by Gasteiger charge is -2.34. The number of amides is 3. The minimum absolute atomic E-state index is 0.102. The number of hydrogen-bond donors (Lipinski definition) is 2. The first-order chi connectivity index (χ1) is 20.8. The normalized spacial score (nSPS) is 28.1. The Morgan fingerprint density at radius 1 is 1.02 bits per heavy atom. The number of nitrogens with zero attached hydrogens (tertiary/aromatic N) is 2. The molecule has 0 aromatic heterocycles. The van der Waals surface area contributed by atoms with Gasteiger partial charge in [0.25, 0.3) is 0 Å². The highest BCUT2D eigenvalue weighted by atomic mass is 16.5. The predicted octanol–water partition coefficient (Wildman–Crippen LogP) is 4.48. The van der Waals surface area contributed by atoms with Gasteiger partial charge in [0.05, 0.1) is 17.9 Å². The van der Waals surface area contributed by atoms with Crippen molar-refractivity contribution in [2.75, 3.05) is 25.5 Å². The summed E-state index contributed by atoms with van der Waals surface area (Å²) in [4.78, 5) is 45.9. The lowest BCUT2D eigenvalue weighted by atomic mass is 9.74. The number of benzene rings is 2. The number of likely N-dealkylation sites (tertiary alicyclic amines) is 1. The third kappa shape index (κ3) is 5.75. The lowest BCUT2D eigenvalue weighted by Crippen LogP contribution is -2.57. The smallest absolute Gasteiger partial charge is 0.246 e. The number of nitrogens with one attached hydrogen (secondary N) is 2. The summed E-state index contributed by atoms with van der Waals surface area (Å²) in [6.45, 7) is 5.95. The molecule has 0 unspecified atom stereocenters. The second kappa shape index (κ2) is 12.2. The molecule has 8 heteroatoms. The van der Waals surface area contributed by atoms with Crippen LogP contribution in [0, 0.1) is 11.8 Å². The minimum atomic E-state index is -1.15. The van der Waals surface area contributed by atoms with Crippen LogP contribution in [0.15, 0.2) is 66.7 Å². The molecule has 2 saturated heterocycles. The molecule has 5 atom stereocenters. The van der Waals surface area contributed by atoms with E-state index in [0.29, 0.717) is 24.7 Å². The van der Waals surface area contributed by atoms with E-state index in [0.717, 1.165) is 32.2 Å². The topological polar surface area (TPSA) is 91.0 Å². The highest BCUT2D eigenvalue weighted by Crippen LogP contribution is 2.55. The summed E-state index contributed by atoms with van der Waals surface area (Å²) in [5, 5.41) is 6.30. The Bertz CT molecular complexity index is 1350. The van der Waals surface area contributed by atoms with Crippen molar-refractivity contribution in [1.82, 2.24) is 15.1 Å². The maximum absolute atomic E-state index is 14.3. The number of hydrogen-bond acceptors (Lipinski definition) is 5. The first-order valence-corrected chi connectivity index (χ1v) is 15.9. The molecule has 2 N–H and O–H groups in total. The van der Waals surface area contributed by atoms with Gasteiger partial charge in [0.15, 0.2) is 0 Å². The van der Waals surface area contributed by atoms with Crippen LogP contribution in [0.2, 0.25) is 0 Å². The average Bonchev–Trinajstić information content (AvgIpc) is 3.64. The summed E-state index contributed by atoms with van der Waals surface area (Å²) < 4.78 is 6.52. The fourth-order valence-electron chi connectivity index (χ4n) is 7.46. The third-order valence-corrected chi connectivity index (χ3v) is 9.74. The van der Waals surface area contributed by atoms with Crippen LogP contribution in [0.1, 0.15) is 63.0 Å². The second-order valence-electron chi connectivity index (χ2n) is 13.1. The Balaban J connectivity index is 1.23. The molecule has 2 aromatic rings. The van der Waals surface area contributed by atoms with Gasteiger partial charge >= 0.3 is 0 Å². The van der Waals surface area contributed by atoms with Gasteiger partial charge in [-0.2, -0.15) is 0 Å². The largest absolute Gasteiger partial charge is 0.359 e. The maximum atomic E-state index is 14.3. The molecule has 3 aliphatic heterocycles. The third-order valence-electron chi connectivity index (χ3n) is 9.74. The first-order valence-electron chi connectivity index (χ1n) is 15.9. The van der Waals surface area contributed by atoms with Gasteiger partial charge in [0.1, 0.15) is 11.6 Å². The summed E-state index contributed by atoms with van der Waals surface area (Å²) >= 11 is 0. The minimum Gasteiger partial charge on any atom is -0.359 e. The monoisotopic (exact) mass is 584 g/mol. The number of fused-ring (bicyclic) bond motifs is 1. The van der Waals surface area contributed by atoms with Crippen LogP contribution in [0.4, 0.5) is 5.69 Å². The zero-order chi connectivity index (χ0) is 30.1. The van der Waals surface area contributed by atoms with Crippen molar-refractivity contribution in [2.45, 2.75) is 82.2 Å². The molecule has 3 amide bonds. The fourth-order valence-corrected chi connectivity index (χ4v) is 7.46. The Hall–Kier alpha value is -3.49. The Kier molecular flexibility index (Phi) is 8.42. The molecule has 0 radical (unpaired) electrons. The van der Waals surface area contributed by atoms with E-state index in [-0.39, 0.29) is 23.8 Å². The first kappa shape index (κ1) is 29.6. The van der Waals surface area contributed by atoms with Crippen LogP contribution in [-0.2, 0) is 25.7 Å². The van der Waals surface area contributed by atoms with Crippen molar-refractivity contribution in [3.63, 3.8) is 0 Å². The number of ether oxygens (including phenoxy) is 1. The molecular weight excluding hydrogens is 540 g/mol. The zero-order valence-corrected chi connectivity index (χ0v) is 25.5. The molecular formula is C35H44N4O4. The van der Waals surface area contributed by atoms with Crippen molar-refractivity contribution >= 4 is 23.4 Å². The van der Waals surface area contributed by atoms with Gasteiger partial charge in [-0.3, -0.25) is 14.4 Å². The maximum Gasteiger partial charge on any atom is 0.246 e. The van der Waals surface area contributed by atoms with E-state index >= 15 is 0 Å². The summed E-state index contributed by atoms with van der Waals surface area (Å²) in [5.41, 5.74) is 1.91. The number of rotatable bonds is 10. The Morgan fingerprint density at radius 3 is 2.44 bits per heavy atom. The van der Waals surface area contributed by atoms with Crippen LogP contribution >= 0.6 is 0 Å². The fraction of sp³-hybridized carbons (Fsp3) is 0.514. The number of anilines is 1. The van der Waals surface area contributed by atoms with Crippen LogP contribution in [-0.4, -0.2) is 71.4 Å². The Morgan fingerprint density at radius 2 is 1.74 bits per heavy atom. The van der Waals surface area contributed by atoms with Gasteiger partial charge in [-0.05, 0) is 49.1 Å². The number of carbonyl (C=O) groups is 3. The van der Waals surface area contributed by atoms with Crippen molar-refractivity contribution in [2.24, 2.45) is 11.8 Å². The van der Waals surface area contributed by atoms with Crippen molar-refractivity contribution in [3.8, 4) is 0 Å². The van der Waals surface area contributed by atoms with Gasteiger partial charge in [0, 0.05) is 31.4 Å². The quantitative estimate of drug-likeness (QED) is 0.402. The molecule has 228 valence electrons. The van der Waals surface area contributed by atoms with E-state index in [1.54, 1.807) is 4.90 Å². The standard InChI is InChI=1S/C35H44N4O4/c1-23(2)25-14-16-27(17-15-25)36-32(40)29-28-18-19-35(43-28)30(29)34(42)39(21-20-38(3)22-24-10-6-4-7-11-24)31(35)33(41)37-26-12-8-5-9-13-26/h4,6-7,10-11,14-19,23,26,28-31H,5,8-9,12-13,20-22H2,1-3H3,(H,36,40)(H,37,41)/t28-,29+,30-,31+,35-/m1/s1. The van der Waals surface area contributed by atoms with Gasteiger partial charge < -0.3 is 25.2 Å². The molecule has 43 heavy (non-hydrogen) atoms. The van der Waals surface area contributed by atoms with Gasteiger partial charge in [0.2, 0.25) is 17.7 Å². The highest BCUT2D eigenvalue weighted by Gasteiger charge is 2.72. The van der Waals surface area contributed by atoms with Crippen molar-refractivity contribution in [1.29, 1.82) is 0 Å². The second-order valence-corrected chi connectivity index (χ2v) is 13.1. The SMILES string of the molecule is CC(C)c1ccc(NC(=O)[C@H]2[C@H]3C=C[C@]4(O3)[C@H](C(=O)NC3CCCCC3)N(CCN(C)Cc3ccccc3)C(=O)[C@@H]24)cc1. The summed E-state index contributed by atoms with van der Waals surface area (Å²) in [7, 11) is 2.02. The van der Waals surface area contributed by atoms with E-state index < -0.39 is 29.6 Å². The van der Waals surface area contributed by atoms with Crippen LogP contribution < -0.4 is 10.6 Å². The molecule has 4 aliphatic rings. The molecule has 2 bridgehead atoms. The van der Waals surface area contributed by atoms with E-state index in [4.69, 9.17) is 4.74 Å². The van der Waals surface area contributed by atoms with Crippen LogP contribution in [0.3, 0.4) is 0 Å². The summed E-state index contributed by atoms with van der Waals surface area (Å²) in [5.74, 6) is -1.68. The van der Waals surface area contributed by atoms with Gasteiger partial charge in [-0.15, -0.1) is 0 Å². The molecule has 2 aromatic carbocycles. The molecule has 8 nitrogen and oxygen atoms in total.